The smallest absolute Gasteiger partial charge is 0.137 e. The van der Waals surface area contributed by atoms with E-state index in [1.54, 1.807) is 17.8 Å². The maximum absolute atomic E-state index is 13.1. The first-order chi connectivity index (χ1) is 6.65. The Morgan fingerprint density at radius 1 is 1.57 bits per heavy atom. The van der Waals surface area contributed by atoms with E-state index in [1.165, 1.54) is 6.07 Å². The van der Waals surface area contributed by atoms with E-state index < -0.39 is 0 Å². The Morgan fingerprint density at radius 2 is 2.29 bits per heavy atom. The molecule has 1 nitrogen and oxygen atoms in total. The summed E-state index contributed by atoms with van der Waals surface area (Å²) < 4.78 is 13.6. The maximum atomic E-state index is 13.1. The third kappa shape index (κ3) is 3.26. The van der Waals surface area contributed by atoms with Crippen LogP contribution in [0, 0.1) is 5.82 Å². The second-order valence-corrected chi connectivity index (χ2v) is 5.24. The zero-order chi connectivity index (χ0) is 10.6. The second kappa shape index (κ2) is 5.73. The Balaban J connectivity index is 2.63. The van der Waals surface area contributed by atoms with Crippen molar-refractivity contribution in [2.75, 3.05) is 6.61 Å². The van der Waals surface area contributed by atoms with Gasteiger partial charge in [-0.1, -0.05) is 19.1 Å². The van der Waals surface area contributed by atoms with Gasteiger partial charge in [-0.25, -0.2) is 4.39 Å². The number of hydrogen-bond donors (Lipinski definition) is 1. The zero-order valence-corrected chi connectivity index (χ0v) is 10.2. The molecular formula is C10H12BrFOS. The van der Waals surface area contributed by atoms with Crippen LogP contribution in [-0.2, 0) is 5.75 Å². The molecule has 14 heavy (non-hydrogen) atoms. The van der Waals surface area contributed by atoms with Crippen molar-refractivity contribution in [3.05, 3.63) is 34.1 Å². The first-order valence-corrected chi connectivity index (χ1v) is 6.14. The molecule has 0 radical (unpaired) electrons. The van der Waals surface area contributed by atoms with Crippen LogP contribution < -0.4 is 0 Å². The molecule has 0 amide bonds. The number of halogens is 2. The van der Waals surface area contributed by atoms with Crippen molar-refractivity contribution < 1.29 is 9.50 Å². The van der Waals surface area contributed by atoms with Gasteiger partial charge in [0.15, 0.2) is 0 Å². The van der Waals surface area contributed by atoms with Crippen molar-refractivity contribution in [1.82, 2.24) is 0 Å². The molecule has 0 saturated carbocycles. The summed E-state index contributed by atoms with van der Waals surface area (Å²) in [5, 5.41) is 9.02. The van der Waals surface area contributed by atoms with Gasteiger partial charge in [0.05, 0.1) is 11.1 Å². The molecule has 1 aromatic carbocycles. The monoisotopic (exact) mass is 278 g/mol. The molecule has 0 bridgehead atoms. The molecule has 0 aromatic heterocycles. The minimum Gasteiger partial charge on any atom is -0.395 e. The lowest BCUT2D eigenvalue weighted by Gasteiger charge is -2.08. The minimum absolute atomic E-state index is 0.150. The summed E-state index contributed by atoms with van der Waals surface area (Å²) in [6.07, 6.45) is 0. The van der Waals surface area contributed by atoms with Gasteiger partial charge in [0.2, 0.25) is 0 Å². The van der Waals surface area contributed by atoms with Crippen LogP contribution in [0.1, 0.15) is 12.5 Å². The molecule has 0 fully saturated rings. The van der Waals surface area contributed by atoms with Crippen LogP contribution in [0.3, 0.4) is 0 Å². The normalized spacial score (nSPS) is 12.9. The third-order valence-electron chi connectivity index (χ3n) is 1.81. The number of hydrogen-bond acceptors (Lipinski definition) is 2. The molecule has 0 saturated heterocycles. The molecule has 78 valence electrons. The van der Waals surface area contributed by atoms with Crippen molar-refractivity contribution in [1.29, 1.82) is 0 Å². The predicted octanol–water partition coefficient (Wildman–Crippen LogP) is 3.20. The number of aliphatic hydroxyl groups excluding tert-OH is 1. The van der Waals surface area contributed by atoms with Crippen molar-refractivity contribution in [3.63, 3.8) is 0 Å². The lowest BCUT2D eigenvalue weighted by molar-refractivity contribution is 0.300. The SMILES string of the molecule is CC(CO)SCc1cccc(F)c1Br. The Bertz CT molecular complexity index is 306. The van der Waals surface area contributed by atoms with E-state index in [1.807, 2.05) is 13.0 Å². The van der Waals surface area contributed by atoms with Gasteiger partial charge in [-0.15, -0.1) is 0 Å². The Morgan fingerprint density at radius 3 is 2.93 bits per heavy atom. The van der Waals surface area contributed by atoms with E-state index in [2.05, 4.69) is 15.9 Å². The second-order valence-electron chi connectivity index (χ2n) is 3.02. The summed E-state index contributed by atoms with van der Waals surface area (Å²) in [7, 11) is 0. The van der Waals surface area contributed by atoms with Crippen LogP contribution in [0.25, 0.3) is 0 Å². The van der Waals surface area contributed by atoms with Gasteiger partial charge in [-0.05, 0) is 27.6 Å². The lowest BCUT2D eigenvalue weighted by atomic mass is 10.2. The summed E-state index contributed by atoms with van der Waals surface area (Å²) in [5.41, 5.74) is 0.926. The van der Waals surface area contributed by atoms with Crippen molar-refractivity contribution in [2.24, 2.45) is 0 Å². The number of aliphatic hydroxyl groups is 1. The summed E-state index contributed by atoms with van der Waals surface area (Å²) in [6.45, 7) is 2.09. The molecular weight excluding hydrogens is 267 g/mol. The number of benzene rings is 1. The standard InChI is InChI=1S/C10H12BrFOS/c1-7(5-13)14-6-8-3-2-4-9(12)10(8)11/h2-4,7,13H,5-6H2,1H3. The minimum atomic E-state index is -0.236. The Kier molecular flexibility index (Phi) is 4.92. The highest BCUT2D eigenvalue weighted by Crippen LogP contribution is 2.25. The van der Waals surface area contributed by atoms with Gasteiger partial charge in [0.25, 0.3) is 0 Å². The highest BCUT2D eigenvalue weighted by Gasteiger charge is 2.07. The average molecular weight is 279 g/mol. The first kappa shape index (κ1) is 12.0. The quantitative estimate of drug-likeness (QED) is 0.913. The summed E-state index contributed by atoms with van der Waals surface area (Å²) >= 11 is 4.81. The van der Waals surface area contributed by atoms with Crippen LogP contribution >= 0.6 is 27.7 Å². The predicted molar refractivity (Wildman–Crippen MR) is 61.9 cm³/mol. The van der Waals surface area contributed by atoms with E-state index in [0.717, 1.165) is 5.56 Å². The lowest BCUT2D eigenvalue weighted by Crippen LogP contribution is -2.02. The van der Waals surface area contributed by atoms with Crippen molar-refractivity contribution in [2.45, 2.75) is 17.9 Å². The van der Waals surface area contributed by atoms with Gasteiger partial charge in [0.1, 0.15) is 5.82 Å². The van der Waals surface area contributed by atoms with E-state index >= 15 is 0 Å². The van der Waals surface area contributed by atoms with Crippen LogP contribution in [0.15, 0.2) is 22.7 Å². The van der Waals surface area contributed by atoms with Crippen molar-refractivity contribution in [3.8, 4) is 0 Å². The summed E-state index contributed by atoms with van der Waals surface area (Å²) in [4.78, 5) is 0. The fraction of sp³-hybridized carbons (Fsp3) is 0.400. The topological polar surface area (TPSA) is 20.2 Å². The molecule has 0 aliphatic carbocycles. The fourth-order valence-electron chi connectivity index (χ4n) is 0.945. The van der Waals surface area contributed by atoms with Crippen LogP contribution in [0.4, 0.5) is 4.39 Å². The van der Waals surface area contributed by atoms with Crippen LogP contribution in [0.2, 0.25) is 0 Å². The Labute approximate surface area is 95.8 Å². The molecule has 1 atom stereocenters. The van der Waals surface area contributed by atoms with Gasteiger partial charge >= 0.3 is 0 Å². The maximum Gasteiger partial charge on any atom is 0.137 e. The highest BCUT2D eigenvalue weighted by molar-refractivity contribution is 9.10. The molecule has 0 aliphatic rings. The summed E-state index contributed by atoms with van der Waals surface area (Å²) in [5.74, 6) is 0.472. The van der Waals surface area contributed by atoms with Gasteiger partial charge in [-0.2, -0.15) is 11.8 Å². The third-order valence-corrected chi connectivity index (χ3v) is 3.90. The largest absolute Gasteiger partial charge is 0.395 e. The van der Waals surface area contributed by atoms with E-state index in [0.29, 0.717) is 10.2 Å². The molecule has 1 unspecified atom stereocenters. The van der Waals surface area contributed by atoms with E-state index in [-0.39, 0.29) is 17.7 Å². The average Bonchev–Trinajstić information content (AvgIpc) is 2.20. The van der Waals surface area contributed by atoms with Crippen molar-refractivity contribution >= 4 is 27.7 Å². The zero-order valence-electron chi connectivity index (χ0n) is 7.84. The molecule has 1 N–H and O–H groups in total. The molecule has 1 rings (SSSR count). The van der Waals surface area contributed by atoms with Gasteiger partial charge < -0.3 is 5.11 Å². The van der Waals surface area contributed by atoms with Gasteiger partial charge in [-0.3, -0.25) is 0 Å². The molecule has 1 aromatic rings. The van der Waals surface area contributed by atoms with E-state index in [9.17, 15) is 4.39 Å². The fourth-order valence-corrected chi connectivity index (χ4v) is 2.34. The van der Waals surface area contributed by atoms with Gasteiger partial charge in [0, 0.05) is 11.0 Å². The molecule has 0 heterocycles. The van der Waals surface area contributed by atoms with Crippen LogP contribution in [0.5, 0.6) is 0 Å². The Hall–Kier alpha value is -0.0600. The van der Waals surface area contributed by atoms with E-state index in [4.69, 9.17) is 5.11 Å². The molecule has 0 aliphatic heterocycles. The number of rotatable bonds is 4. The highest BCUT2D eigenvalue weighted by atomic mass is 79.9. The number of thioether (sulfide) groups is 1. The molecule has 4 heteroatoms. The first-order valence-electron chi connectivity index (χ1n) is 4.30. The molecule has 0 spiro atoms. The van der Waals surface area contributed by atoms with Crippen LogP contribution in [-0.4, -0.2) is 17.0 Å². The summed E-state index contributed by atoms with van der Waals surface area (Å²) in [6, 6.07) is 5.00.